The van der Waals surface area contributed by atoms with Gasteiger partial charge in [0.2, 0.25) is 0 Å². The summed E-state index contributed by atoms with van der Waals surface area (Å²) in [6.07, 6.45) is 1.04. The van der Waals surface area contributed by atoms with E-state index in [1.807, 2.05) is 0 Å². The Morgan fingerprint density at radius 1 is 1.07 bits per heavy atom. The first-order valence-electron chi connectivity index (χ1n) is 5.22. The molecule has 0 amide bonds. The highest BCUT2D eigenvalue weighted by Crippen LogP contribution is 1.91. The lowest BCUT2D eigenvalue weighted by Crippen LogP contribution is -2.26. The molecule has 0 aromatic heterocycles. The summed E-state index contributed by atoms with van der Waals surface area (Å²) in [4.78, 5) is 21.8. The number of ether oxygens (including phenoxy) is 2. The molecule has 0 atom stereocenters. The van der Waals surface area contributed by atoms with Crippen LogP contribution < -0.4 is 5.32 Å². The van der Waals surface area contributed by atoms with Crippen LogP contribution >= 0.6 is 0 Å². The highest BCUT2D eigenvalue weighted by molar-refractivity contribution is 5.71. The van der Waals surface area contributed by atoms with E-state index in [9.17, 15) is 9.59 Å². The molecule has 0 aliphatic rings. The minimum atomic E-state index is -0.270. The molecule has 0 aliphatic heterocycles. The van der Waals surface area contributed by atoms with Gasteiger partial charge >= 0.3 is 11.9 Å². The monoisotopic (exact) mass is 217 g/mol. The summed E-state index contributed by atoms with van der Waals surface area (Å²) < 4.78 is 9.46. The van der Waals surface area contributed by atoms with Crippen molar-refractivity contribution in [1.29, 1.82) is 0 Å². The van der Waals surface area contributed by atoms with Gasteiger partial charge in [0.25, 0.3) is 0 Å². The van der Waals surface area contributed by atoms with Crippen molar-refractivity contribution in [3.63, 3.8) is 0 Å². The Morgan fingerprint density at radius 3 is 2.27 bits per heavy atom. The Morgan fingerprint density at radius 2 is 1.67 bits per heavy atom. The molecule has 0 aromatic rings. The largest absolute Gasteiger partial charge is 0.466 e. The van der Waals surface area contributed by atoms with Crippen LogP contribution in [-0.4, -0.2) is 38.2 Å². The maximum Gasteiger partial charge on any atom is 0.319 e. The molecule has 15 heavy (non-hydrogen) atoms. The molecule has 0 saturated carbocycles. The van der Waals surface area contributed by atoms with E-state index >= 15 is 0 Å². The highest BCUT2D eigenvalue weighted by atomic mass is 16.5. The van der Waals surface area contributed by atoms with Gasteiger partial charge in [-0.3, -0.25) is 9.59 Å². The number of hydrogen-bond acceptors (Lipinski definition) is 5. The molecular weight excluding hydrogens is 198 g/mol. The zero-order chi connectivity index (χ0) is 11.5. The Balaban J connectivity index is 3.24. The Kier molecular flexibility index (Phi) is 8.76. The Labute approximate surface area is 90.1 Å². The fourth-order valence-electron chi connectivity index (χ4n) is 0.993. The van der Waals surface area contributed by atoms with Gasteiger partial charge in [0.15, 0.2) is 0 Å². The minimum Gasteiger partial charge on any atom is -0.466 e. The van der Waals surface area contributed by atoms with Crippen LogP contribution in [0.2, 0.25) is 0 Å². The van der Waals surface area contributed by atoms with Crippen molar-refractivity contribution in [3.05, 3.63) is 0 Å². The van der Waals surface area contributed by atoms with E-state index in [0.29, 0.717) is 32.6 Å². The van der Waals surface area contributed by atoms with Crippen LogP contribution in [0.25, 0.3) is 0 Å². The van der Waals surface area contributed by atoms with Gasteiger partial charge < -0.3 is 14.8 Å². The Bertz CT molecular complexity index is 174. The molecule has 0 bridgehead atoms. The zero-order valence-corrected chi connectivity index (χ0v) is 9.38. The summed E-state index contributed by atoms with van der Waals surface area (Å²) in [5.41, 5.74) is 0. The lowest BCUT2D eigenvalue weighted by atomic mass is 10.3. The van der Waals surface area contributed by atoms with Crippen LogP contribution in [0, 0.1) is 0 Å². The van der Waals surface area contributed by atoms with Gasteiger partial charge in [-0.25, -0.2) is 0 Å². The normalized spacial score (nSPS) is 9.73. The summed E-state index contributed by atoms with van der Waals surface area (Å²) in [7, 11) is 0. The summed E-state index contributed by atoms with van der Waals surface area (Å²) in [5.74, 6) is -0.468. The molecule has 0 heterocycles. The molecule has 5 heteroatoms. The SMILES string of the molecule is CCOC(=O)CCCNCC(=O)OCC. The van der Waals surface area contributed by atoms with E-state index in [4.69, 9.17) is 9.47 Å². The number of nitrogens with one attached hydrogen (secondary N) is 1. The van der Waals surface area contributed by atoms with Gasteiger partial charge in [-0.1, -0.05) is 0 Å². The van der Waals surface area contributed by atoms with Gasteiger partial charge in [0, 0.05) is 6.42 Å². The third-order valence-electron chi connectivity index (χ3n) is 1.61. The second-order valence-corrected chi connectivity index (χ2v) is 2.89. The van der Waals surface area contributed by atoms with Crippen LogP contribution in [0.4, 0.5) is 0 Å². The fourth-order valence-corrected chi connectivity index (χ4v) is 0.993. The summed E-state index contributed by atoms with van der Waals surface area (Å²) in [6.45, 7) is 5.14. The highest BCUT2D eigenvalue weighted by Gasteiger charge is 2.02. The van der Waals surface area contributed by atoms with Crippen molar-refractivity contribution < 1.29 is 19.1 Å². The van der Waals surface area contributed by atoms with Crippen LogP contribution in [0.1, 0.15) is 26.7 Å². The molecule has 1 N–H and O–H groups in total. The van der Waals surface area contributed by atoms with Gasteiger partial charge in [0.05, 0.1) is 19.8 Å². The second-order valence-electron chi connectivity index (χ2n) is 2.89. The van der Waals surface area contributed by atoms with Crippen molar-refractivity contribution >= 4 is 11.9 Å². The molecule has 0 spiro atoms. The van der Waals surface area contributed by atoms with Crippen LogP contribution in [0.15, 0.2) is 0 Å². The summed E-state index contributed by atoms with van der Waals surface area (Å²) >= 11 is 0. The van der Waals surface area contributed by atoms with Gasteiger partial charge in [-0.05, 0) is 26.8 Å². The fraction of sp³-hybridized carbons (Fsp3) is 0.800. The van der Waals surface area contributed by atoms with E-state index in [1.165, 1.54) is 0 Å². The predicted octanol–water partition coefficient (Wildman–Crippen LogP) is 0.482. The Hall–Kier alpha value is -1.10. The first-order chi connectivity index (χ1) is 7.20. The van der Waals surface area contributed by atoms with E-state index in [2.05, 4.69) is 5.32 Å². The van der Waals surface area contributed by atoms with Crippen LogP contribution in [0.3, 0.4) is 0 Å². The topological polar surface area (TPSA) is 64.6 Å². The smallest absolute Gasteiger partial charge is 0.319 e. The van der Waals surface area contributed by atoms with Crippen molar-refractivity contribution in [2.24, 2.45) is 0 Å². The molecule has 5 nitrogen and oxygen atoms in total. The zero-order valence-electron chi connectivity index (χ0n) is 9.38. The molecule has 0 rings (SSSR count). The van der Waals surface area contributed by atoms with Crippen molar-refractivity contribution in [3.8, 4) is 0 Å². The molecular formula is C10H19NO4. The number of hydrogen-bond donors (Lipinski definition) is 1. The maximum absolute atomic E-state index is 10.9. The standard InChI is InChI=1S/C10H19NO4/c1-3-14-9(12)6-5-7-11-8-10(13)15-4-2/h11H,3-8H2,1-2H3. The first-order valence-corrected chi connectivity index (χ1v) is 5.22. The average Bonchev–Trinajstić information content (AvgIpc) is 2.18. The molecule has 0 aliphatic carbocycles. The minimum absolute atomic E-state index is 0.191. The third kappa shape index (κ3) is 9.21. The summed E-state index contributed by atoms with van der Waals surface area (Å²) in [6, 6.07) is 0. The molecule has 0 unspecified atom stereocenters. The van der Waals surface area contributed by atoms with Crippen molar-refractivity contribution in [2.45, 2.75) is 26.7 Å². The third-order valence-corrected chi connectivity index (χ3v) is 1.61. The summed E-state index contributed by atoms with van der Waals surface area (Å²) in [5, 5.41) is 2.89. The lowest BCUT2D eigenvalue weighted by molar-refractivity contribution is -0.143. The van der Waals surface area contributed by atoms with E-state index in [0.717, 1.165) is 0 Å². The predicted molar refractivity (Wildman–Crippen MR) is 55.4 cm³/mol. The van der Waals surface area contributed by atoms with Gasteiger partial charge in [0.1, 0.15) is 0 Å². The molecule has 0 radical (unpaired) electrons. The van der Waals surface area contributed by atoms with Crippen molar-refractivity contribution in [1.82, 2.24) is 5.32 Å². The number of esters is 2. The second kappa shape index (κ2) is 9.45. The molecule has 88 valence electrons. The number of carbonyl (C=O) groups excluding carboxylic acids is 2. The number of carbonyl (C=O) groups is 2. The first kappa shape index (κ1) is 13.9. The van der Waals surface area contributed by atoms with Crippen LogP contribution in [0.5, 0.6) is 0 Å². The van der Waals surface area contributed by atoms with Crippen molar-refractivity contribution in [2.75, 3.05) is 26.3 Å². The van der Waals surface area contributed by atoms with E-state index in [1.54, 1.807) is 13.8 Å². The quantitative estimate of drug-likeness (QED) is 0.473. The van der Waals surface area contributed by atoms with Gasteiger partial charge in [-0.2, -0.15) is 0 Å². The lowest BCUT2D eigenvalue weighted by Gasteiger charge is -2.04. The molecule has 0 fully saturated rings. The van der Waals surface area contributed by atoms with Crippen LogP contribution in [-0.2, 0) is 19.1 Å². The molecule has 0 aromatic carbocycles. The maximum atomic E-state index is 10.9. The molecule has 0 saturated heterocycles. The van der Waals surface area contributed by atoms with Gasteiger partial charge in [-0.15, -0.1) is 0 Å². The average molecular weight is 217 g/mol. The van der Waals surface area contributed by atoms with E-state index in [-0.39, 0.29) is 18.5 Å². The number of rotatable bonds is 8. The van der Waals surface area contributed by atoms with E-state index < -0.39 is 0 Å².